The van der Waals surface area contributed by atoms with Crippen molar-refractivity contribution in [2.75, 3.05) is 26.6 Å². The molecule has 1 unspecified atom stereocenters. The summed E-state index contributed by atoms with van der Waals surface area (Å²) in [4.78, 5) is 34.7. The fourth-order valence-electron chi connectivity index (χ4n) is 3.67. The lowest BCUT2D eigenvalue weighted by atomic mass is 10.0. The number of carbonyl (C=O) groups excluding carboxylic acids is 2. The maximum atomic E-state index is 13.1. The Morgan fingerprint density at radius 1 is 0.909 bits per heavy atom. The van der Waals surface area contributed by atoms with E-state index in [2.05, 4.69) is 15.3 Å². The van der Waals surface area contributed by atoms with Crippen LogP contribution in [0.4, 0.5) is 5.69 Å². The number of rotatable bonds is 6. The fraction of sp³-hybridized carbons (Fsp3) is 0.200. The molecule has 0 aromatic heterocycles. The molecule has 0 fully saturated rings. The van der Waals surface area contributed by atoms with Crippen LogP contribution in [0.5, 0.6) is 17.2 Å². The van der Waals surface area contributed by atoms with Gasteiger partial charge in [0, 0.05) is 16.8 Å². The highest BCUT2D eigenvalue weighted by molar-refractivity contribution is 6.06. The van der Waals surface area contributed by atoms with E-state index in [1.165, 1.54) is 21.3 Å². The Bertz CT molecular complexity index is 1340. The van der Waals surface area contributed by atoms with Gasteiger partial charge in [0.15, 0.2) is 17.5 Å². The van der Waals surface area contributed by atoms with E-state index in [0.29, 0.717) is 44.8 Å². The van der Waals surface area contributed by atoms with E-state index >= 15 is 0 Å². The lowest BCUT2D eigenvalue weighted by molar-refractivity contribution is -0.119. The summed E-state index contributed by atoms with van der Waals surface area (Å²) in [5.74, 6) is 0.319. The number of fused-ring (bicyclic) bond motifs is 1. The average molecular weight is 445 g/mol. The van der Waals surface area contributed by atoms with Crippen molar-refractivity contribution < 1.29 is 23.8 Å². The van der Waals surface area contributed by atoms with Crippen molar-refractivity contribution in [3.63, 3.8) is 0 Å². The van der Waals surface area contributed by atoms with Crippen molar-refractivity contribution >= 4 is 17.5 Å². The van der Waals surface area contributed by atoms with Crippen LogP contribution in [-0.2, 0) is 4.79 Å². The van der Waals surface area contributed by atoms with Crippen molar-refractivity contribution in [3.8, 4) is 17.2 Å². The van der Waals surface area contributed by atoms with Gasteiger partial charge in [-0.25, -0.2) is 4.99 Å². The van der Waals surface area contributed by atoms with Gasteiger partial charge in [-0.3, -0.25) is 14.6 Å². The zero-order chi connectivity index (χ0) is 23.5. The molecule has 8 heteroatoms. The minimum absolute atomic E-state index is 0.304. The molecule has 2 amide bonds. The zero-order valence-electron chi connectivity index (χ0n) is 18.7. The number of amides is 2. The van der Waals surface area contributed by atoms with Crippen LogP contribution >= 0.6 is 0 Å². The molecule has 33 heavy (non-hydrogen) atoms. The number of methoxy groups -OCH3 is 3. The first-order valence-corrected chi connectivity index (χ1v) is 10.2. The summed E-state index contributed by atoms with van der Waals surface area (Å²) >= 11 is 0. The first kappa shape index (κ1) is 22.0. The van der Waals surface area contributed by atoms with E-state index < -0.39 is 11.9 Å². The number of benzene rings is 3. The van der Waals surface area contributed by atoms with E-state index in [1.54, 1.807) is 30.3 Å². The minimum Gasteiger partial charge on any atom is -0.493 e. The third-order valence-electron chi connectivity index (χ3n) is 5.29. The van der Waals surface area contributed by atoms with Crippen LogP contribution in [0.1, 0.15) is 27.5 Å². The summed E-state index contributed by atoms with van der Waals surface area (Å²) in [7, 11) is 4.45. The summed E-state index contributed by atoms with van der Waals surface area (Å²) in [5.41, 5.74) is 2.27. The standard InChI is InChI=1S/C25H23N3O5/c1-14-9-10-17(16(11-14)22-25(30)28-19-8-6-5-7-18(19)26-22)27-24(29)15-12-20(31-2)23(33-4)21(13-15)32-3/h5-13,22H,1-4H3,(H,27,29). The van der Waals surface area contributed by atoms with Gasteiger partial charge in [0.2, 0.25) is 5.75 Å². The molecule has 0 saturated heterocycles. The second-order valence-electron chi connectivity index (χ2n) is 7.43. The van der Waals surface area contributed by atoms with Crippen LogP contribution in [0, 0.1) is 6.92 Å². The molecular weight excluding hydrogens is 422 g/mol. The van der Waals surface area contributed by atoms with Crippen molar-refractivity contribution in [2.45, 2.75) is 13.0 Å². The van der Waals surface area contributed by atoms with E-state index in [4.69, 9.17) is 14.2 Å². The Hall–Kier alpha value is -4.20. The molecule has 8 nitrogen and oxygen atoms in total. The number of carbonyl (C=O) groups is 2. The SMILES string of the molecule is COc1cc(C(=O)Nc2ccc(C)cc2C2N=c3ccccc3=NC2=O)cc(OC)c1OC. The minimum atomic E-state index is -0.852. The molecule has 1 N–H and O–H groups in total. The molecule has 0 aliphatic carbocycles. The molecule has 4 rings (SSSR count). The number of nitrogens with one attached hydrogen (secondary N) is 1. The van der Waals surface area contributed by atoms with Gasteiger partial charge in [-0.05, 0) is 37.3 Å². The highest BCUT2D eigenvalue weighted by Gasteiger charge is 2.26. The van der Waals surface area contributed by atoms with Crippen LogP contribution < -0.4 is 30.2 Å². The molecule has 0 bridgehead atoms. The number of anilines is 1. The molecule has 0 radical (unpaired) electrons. The van der Waals surface area contributed by atoms with Crippen LogP contribution in [0.25, 0.3) is 0 Å². The third-order valence-corrected chi connectivity index (χ3v) is 5.29. The van der Waals surface area contributed by atoms with E-state index in [0.717, 1.165) is 5.56 Å². The second kappa shape index (κ2) is 9.12. The first-order valence-electron chi connectivity index (χ1n) is 10.2. The number of nitrogens with zero attached hydrogens (tertiary/aromatic N) is 2. The van der Waals surface area contributed by atoms with Crippen LogP contribution in [0.2, 0.25) is 0 Å². The number of para-hydroxylation sites is 2. The van der Waals surface area contributed by atoms with Gasteiger partial charge in [-0.15, -0.1) is 0 Å². The summed E-state index contributed by atoms with van der Waals surface area (Å²) < 4.78 is 16.0. The molecule has 168 valence electrons. The molecule has 0 spiro atoms. The Labute approximate surface area is 190 Å². The second-order valence-corrected chi connectivity index (χ2v) is 7.43. The van der Waals surface area contributed by atoms with Crippen molar-refractivity contribution in [1.29, 1.82) is 0 Å². The Morgan fingerprint density at radius 2 is 1.58 bits per heavy atom. The van der Waals surface area contributed by atoms with Crippen molar-refractivity contribution in [2.24, 2.45) is 9.98 Å². The predicted molar refractivity (Wildman–Crippen MR) is 122 cm³/mol. The molecular formula is C25H23N3O5. The van der Waals surface area contributed by atoms with Gasteiger partial charge >= 0.3 is 0 Å². The monoisotopic (exact) mass is 445 g/mol. The van der Waals surface area contributed by atoms with E-state index in [-0.39, 0.29) is 5.91 Å². The maximum Gasteiger partial charge on any atom is 0.275 e. The van der Waals surface area contributed by atoms with Gasteiger partial charge in [0.25, 0.3) is 11.8 Å². The Balaban J connectivity index is 1.73. The molecule has 1 heterocycles. The maximum absolute atomic E-state index is 13.1. The van der Waals surface area contributed by atoms with Gasteiger partial charge in [0.1, 0.15) is 0 Å². The smallest absolute Gasteiger partial charge is 0.275 e. The third kappa shape index (κ3) is 4.27. The highest BCUT2D eigenvalue weighted by atomic mass is 16.5. The van der Waals surface area contributed by atoms with Crippen LogP contribution in [0.3, 0.4) is 0 Å². The first-order chi connectivity index (χ1) is 15.9. The average Bonchev–Trinajstić information content (AvgIpc) is 2.83. The largest absolute Gasteiger partial charge is 0.493 e. The van der Waals surface area contributed by atoms with Gasteiger partial charge in [0.05, 0.1) is 32.0 Å². The van der Waals surface area contributed by atoms with Gasteiger partial charge < -0.3 is 19.5 Å². The van der Waals surface area contributed by atoms with E-state index in [9.17, 15) is 9.59 Å². The topological polar surface area (TPSA) is 98.6 Å². The van der Waals surface area contributed by atoms with Crippen molar-refractivity contribution in [1.82, 2.24) is 0 Å². The Kier molecular flexibility index (Phi) is 6.08. The summed E-state index contributed by atoms with van der Waals surface area (Å²) in [6.07, 6.45) is 0. The summed E-state index contributed by atoms with van der Waals surface area (Å²) in [5, 5.41) is 4.06. The highest BCUT2D eigenvalue weighted by Crippen LogP contribution is 2.38. The van der Waals surface area contributed by atoms with Crippen LogP contribution in [-0.4, -0.2) is 33.1 Å². The summed E-state index contributed by atoms with van der Waals surface area (Å²) in [6.45, 7) is 1.91. The fourth-order valence-corrected chi connectivity index (χ4v) is 3.67. The normalized spacial score (nSPS) is 14.4. The number of hydrogen-bond donors (Lipinski definition) is 1. The lowest BCUT2D eigenvalue weighted by Crippen LogP contribution is -2.33. The quantitative estimate of drug-likeness (QED) is 0.629. The van der Waals surface area contributed by atoms with Gasteiger partial charge in [-0.1, -0.05) is 29.8 Å². The number of ether oxygens (including phenoxy) is 3. The van der Waals surface area contributed by atoms with Crippen molar-refractivity contribution in [3.05, 3.63) is 82.0 Å². The molecule has 1 aliphatic rings. The molecule has 3 aromatic rings. The number of hydrogen-bond acceptors (Lipinski definition) is 6. The van der Waals surface area contributed by atoms with Crippen LogP contribution in [0.15, 0.2) is 64.6 Å². The van der Waals surface area contributed by atoms with E-state index in [1.807, 2.05) is 31.2 Å². The zero-order valence-corrected chi connectivity index (χ0v) is 18.7. The summed E-state index contributed by atoms with van der Waals surface area (Å²) in [6, 6.07) is 14.9. The lowest BCUT2D eigenvalue weighted by Gasteiger charge is -2.18. The van der Waals surface area contributed by atoms with Gasteiger partial charge in [-0.2, -0.15) is 0 Å². The molecule has 3 aromatic carbocycles. The molecule has 1 aliphatic heterocycles. The molecule has 0 saturated carbocycles. The number of aryl methyl sites for hydroxylation is 1. The molecule has 1 atom stereocenters. The Morgan fingerprint density at radius 3 is 2.21 bits per heavy atom. The predicted octanol–water partition coefficient (Wildman–Crippen LogP) is 2.79.